The van der Waals surface area contributed by atoms with Gasteiger partial charge in [-0.05, 0) is 24.3 Å². The molecule has 1 N–H and O–H groups in total. The van der Waals surface area contributed by atoms with Crippen LogP contribution in [0.15, 0.2) is 53.4 Å². The quantitative estimate of drug-likeness (QED) is 0.577. The highest BCUT2D eigenvalue weighted by Gasteiger charge is 2.22. The highest BCUT2D eigenvalue weighted by atomic mass is 32.2. The summed E-state index contributed by atoms with van der Waals surface area (Å²) in [5, 5.41) is 2.55. The van der Waals surface area contributed by atoms with Gasteiger partial charge < -0.3 is 14.8 Å². The van der Waals surface area contributed by atoms with Crippen LogP contribution < -0.4 is 10.1 Å². The van der Waals surface area contributed by atoms with Gasteiger partial charge in [0.05, 0.1) is 18.4 Å². The lowest BCUT2D eigenvalue weighted by Crippen LogP contribution is -2.30. The van der Waals surface area contributed by atoms with E-state index in [-0.39, 0.29) is 11.3 Å². The van der Waals surface area contributed by atoms with Gasteiger partial charge in [-0.3, -0.25) is 9.59 Å². The molecular formula is C21H26N2O6S. The molecule has 0 aliphatic rings. The predicted molar refractivity (Wildman–Crippen MR) is 113 cm³/mol. The first-order valence-corrected chi connectivity index (χ1v) is 10.9. The third-order valence-electron chi connectivity index (χ3n) is 4.35. The molecule has 0 bridgehead atoms. The minimum atomic E-state index is -3.64. The molecule has 0 aliphatic carbocycles. The second-order valence-electron chi connectivity index (χ2n) is 6.31. The predicted octanol–water partition coefficient (Wildman–Crippen LogP) is 2.45. The van der Waals surface area contributed by atoms with Crippen LogP contribution in [0.5, 0.6) is 5.75 Å². The molecule has 0 saturated carbocycles. The minimum Gasteiger partial charge on any atom is -0.496 e. The van der Waals surface area contributed by atoms with Crippen LogP contribution in [-0.4, -0.2) is 51.4 Å². The standard InChI is InChI=1S/C21H26N2O6S/c1-4-23(5-2)30(26,27)18-11-8-10-17(14-18)22-20(24)15-29-21(25)13-16-9-6-7-12-19(16)28-3/h6-12,14H,4-5,13,15H2,1-3H3,(H,22,24). The van der Waals surface area contributed by atoms with Crippen molar-refractivity contribution >= 4 is 27.6 Å². The van der Waals surface area contributed by atoms with E-state index in [1.54, 1.807) is 50.2 Å². The fourth-order valence-corrected chi connectivity index (χ4v) is 4.35. The number of benzene rings is 2. The molecule has 9 heteroatoms. The summed E-state index contributed by atoms with van der Waals surface area (Å²) < 4.78 is 36.7. The lowest BCUT2D eigenvalue weighted by molar-refractivity contribution is -0.146. The van der Waals surface area contributed by atoms with Crippen LogP contribution in [-0.2, 0) is 30.8 Å². The number of carbonyl (C=O) groups is 2. The second-order valence-corrected chi connectivity index (χ2v) is 8.25. The fraction of sp³-hybridized carbons (Fsp3) is 0.333. The molecule has 8 nitrogen and oxygen atoms in total. The Kier molecular flexibility index (Phi) is 8.37. The third kappa shape index (κ3) is 6.04. The maximum atomic E-state index is 12.6. The first-order valence-electron chi connectivity index (χ1n) is 9.49. The normalized spacial score (nSPS) is 11.2. The smallest absolute Gasteiger partial charge is 0.310 e. The SMILES string of the molecule is CCN(CC)S(=O)(=O)c1cccc(NC(=O)COC(=O)Cc2ccccc2OC)c1. The van der Waals surface area contributed by atoms with Crippen molar-refractivity contribution < 1.29 is 27.5 Å². The molecular weight excluding hydrogens is 408 g/mol. The van der Waals surface area contributed by atoms with E-state index >= 15 is 0 Å². The fourth-order valence-electron chi connectivity index (χ4n) is 2.85. The molecule has 0 aliphatic heterocycles. The third-order valence-corrected chi connectivity index (χ3v) is 6.40. The van der Waals surface area contributed by atoms with Crippen LogP contribution in [0.3, 0.4) is 0 Å². The lowest BCUT2D eigenvalue weighted by Gasteiger charge is -2.18. The minimum absolute atomic E-state index is 0.0328. The summed E-state index contributed by atoms with van der Waals surface area (Å²) in [6.07, 6.45) is -0.0328. The van der Waals surface area contributed by atoms with Gasteiger partial charge in [0.1, 0.15) is 5.75 Å². The Bertz CT molecular complexity index is 986. The van der Waals surface area contributed by atoms with E-state index < -0.39 is 28.5 Å². The first-order chi connectivity index (χ1) is 14.3. The molecule has 2 aromatic carbocycles. The van der Waals surface area contributed by atoms with Gasteiger partial charge in [0.25, 0.3) is 5.91 Å². The highest BCUT2D eigenvalue weighted by Crippen LogP contribution is 2.20. The van der Waals surface area contributed by atoms with Crippen molar-refractivity contribution in [3.05, 3.63) is 54.1 Å². The van der Waals surface area contributed by atoms with Crippen molar-refractivity contribution in [3.8, 4) is 5.75 Å². The van der Waals surface area contributed by atoms with Crippen LogP contribution in [0, 0.1) is 0 Å². The number of rotatable bonds is 10. The Labute approximate surface area is 176 Å². The second kappa shape index (κ2) is 10.7. The van der Waals surface area contributed by atoms with Gasteiger partial charge in [-0.2, -0.15) is 4.31 Å². The zero-order chi connectivity index (χ0) is 22.1. The van der Waals surface area contributed by atoms with Gasteiger partial charge in [-0.25, -0.2) is 8.42 Å². The average molecular weight is 435 g/mol. The van der Waals surface area contributed by atoms with Crippen molar-refractivity contribution in [2.45, 2.75) is 25.2 Å². The molecule has 0 unspecified atom stereocenters. The van der Waals surface area contributed by atoms with E-state index in [0.717, 1.165) is 0 Å². The van der Waals surface area contributed by atoms with Gasteiger partial charge in [-0.1, -0.05) is 38.1 Å². The molecule has 2 rings (SSSR count). The number of sulfonamides is 1. The Morgan fingerprint density at radius 2 is 1.73 bits per heavy atom. The number of nitrogens with zero attached hydrogens (tertiary/aromatic N) is 1. The Morgan fingerprint density at radius 1 is 1.03 bits per heavy atom. The molecule has 0 atom stereocenters. The molecule has 0 fully saturated rings. The Hall–Kier alpha value is -2.91. The number of esters is 1. The zero-order valence-corrected chi connectivity index (χ0v) is 18.1. The molecule has 1 amide bonds. The van der Waals surface area contributed by atoms with Crippen molar-refractivity contribution in [2.24, 2.45) is 0 Å². The number of ether oxygens (including phenoxy) is 2. The van der Waals surface area contributed by atoms with Crippen molar-refractivity contribution in [1.29, 1.82) is 0 Å². The van der Waals surface area contributed by atoms with Crippen molar-refractivity contribution in [3.63, 3.8) is 0 Å². The Morgan fingerprint density at radius 3 is 2.40 bits per heavy atom. The summed E-state index contributed by atoms with van der Waals surface area (Å²) >= 11 is 0. The number of methoxy groups -OCH3 is 1. The van der Waals surface area contributed by atoms with Gasteiger partial charge in [0.15, 0.2) is 6.61 Å². The van der Waals surface area contributed by atoms with E-state index in [1.165, 1.54) is 23.5 Å². The summed E-state index contributed by atoms with van der Waals surface area (Å²) in [6, 6.07) is 13.0. The molecule has 0 aromatic heterocycles. The maximum Gasteiger partial charge on any atom is 0.310 e. The van der Waals surface area contributed by atoms with Gasteiger partial charge in [0, 0.05) is 24.3 Å². The van der Waals surface area contributed by atoms with E-state index in [1.807, 2.05) is 0 Å². The van der Waals surface area contributed by atoms with Crippen LogP contribution in [0.2, 0.25) is 0 Å². The van der Waals surface area contributed by atoms with Gasteiger partial charge >= 0.3 is 5.97 Å². The summed E-state index contributed by atoms with van der Waals surface area (Å²) in [4.78, 5) is 24.2. The summed E-state index contributed by atoms with van der Waals surface area (Å²) in [7, 11) is -2.14. The number of hydrogen-bond acceptors (Lipinski definition) is 6. The maximum absolute atomic E-state index is 12.6. The molecule has 0 spiro atoms. The van der Waals surface area contributed by atoms with E-state index in [9.17, 15) is 18.0 Å². The van der Waals surface area contributed by atoms with Crippen molar-refractivity contribution in [1.82, 2.24) is 4.31 Å². The topological polar surface area (TPSA) is 102 Å². The molecule has 30 heavy (non-hydrogen) atoms. The molecule has 2 aromatic rings. The van der Waals surface area contributed by atoms with Crippen LogP contribution in [0.25, 0.3) is 0 Å². The molecule has 0 heterocycles. The number of hydrogen-bond donors (Lipinski definition) is 1. The first kappa shape index (κ1) is 23.4. The lowest BCUT2D eigenvalue weighted by atomic mass is 10.1. The van der Waals surface area contributed by atoms with Gasteiger partial charge in [0.2, 0.25) is 10.0 Å². The number of para-hydroxylation sites is 1. The summed E-state index contributed by atoms with van der Waals surface area (Å²) in [5.41, 5.74) is 0.953. The molecule has 162 valence electrons. The molecule has 0 radical (unpaired) electrons. The van der Waals surface area contributed by atoms with Gasteiger partial charge in [-0.15, -0.1) is 0 Å². The number of anilines is 1. The Balaban J connectivity index is 1.96. The zero-order valence-electron chi connectivity index (χ0n) is 17.3. The summed E-state index contributed by atoms with van der Waals surface area (Å²) in [5.74, 6) is -0.585. The number of amides is 1. The average Bonchev–Trinajstić information content (AvgIpc) is 2.73. The largest absolute Gasteiger partial charge is 0.496 e. The number of carbonyl (C=O) groups excluding carboxylic acids is 2. The number of nitrogens with one attached hydrogen (secondary N) is 1. The van der Waals surface area contributed by atoms with Crippen LogP contribution >= 0.6 is 0 Å². The van der Waals surface area contributed by atoms with Crippen LogP contribution in [0.1, 0.15) is 19.4 Å². The van der Waals surface area contributed by atoms with Crippen LogP contribution in [0.4, 0.5) is 5.69 Å². The summed E-state index contributed by atoms with van der Waals surface area (Å²) in [6.45, 7) is 3.72. The van der Waals surface area contributed by atoms with E-state index in [4.69, 9.17) is 9.47 Å². The monoisotopic (exact) mass is 434 g/mol. The highest BCUT2D eigenvalue weighted by molar-refractivity contribution is 7.89. The van der Waals surface area contributed by atoms with E-state index in [2.05, 4.69) is 5.32 Å². The van der Waals surface area contributed by atoms with Crippen molar-refractivity contribution in [2.75, 3.05) is 32.1 Å². The van der Waals surface area contributed by atoms with E-state index in [0.29, 0.717) is 30.1 Å². The molecule has 0 saturated heterocycles.